The molecular weight excluding hydrogens is 240 g/mol. The molecule has 0 radical (unpaired) electrons. The Labute approximate surface area is 112 Å². The van der Waals surface area contributed by atoms with Crippen molar-refractivity contribution >= 4 is 10.9 Å². The molecule has 1 N–H and O–H groups in total. The standard InChI is InChI=1S/C14H20N4O/c1-11(15-2)7-5-6-10-18-14(19)12-8-3-4-9-13(12)16-17-18/h3-4,8-9,11,15H,5-7,10H2,1-2H3. The molecule has 0 spiro atoms. The summed E-state index contributed by atoms with van der Waals surface area (Å²) in [6.07, 6.45) is 3.12. The summed E-state index contributed by atoms with van der Waals surface area (Å²) < 4.78 is 1.46. The van der Waals surface area contributed by atoms with E-state index in [4.69, 9.17) is 0 Å². The first kappa shape index (κ1) is 13.7. The van der Waals surface area contributed by atoms with Gasteiger partial charge in [0, 0.05) is 12.6 Å². The summed E-state index contributed by atoms with van der Waals surface area (Å²) >= 11 is 0. The largest absolute Gasteiger partial charge is 0.317 e. The van der Waals surface area contributed by atoms with Gasteiger partial charge in [0.05, 0.1) is 5.39 Å². The van der Waals surface area contributed by atoms with Crippen LogP contribution in [0.2, 0.25) is 0 Å². The minimum Gasteiger partial charge on any atom is -0.317 e. The molecule has 5 heteroatoms. The molecule has 102 valence electrons. The van der Waals surface area contributed by atoms with E-state index in [9.17, 15) is 4.79 Å². The van der Waals surface area contributed by atoms with Crippen molar-refractivity contribution in [2.75, 3.05) is 7.05 Å². The molecule has 1 atom stereocenters. The van der Waals surface area contributed by atoms with Crippen LogP contribution in [0.15, 0.2) is 29.1 Å². The van der Waals surface area contributed by atoms with Crippen LogP contribution in [0.1, 0.15) is 26.2 Å². The molecule has 5 nitrogen and oxygen atoms in total. The molecule has 0 aliphatic heterocycles. The van der Waals surface area contributed by atoms with Gasteiger partial charge in [-0.3, -0.25) is 4.79 Å². The van der Waals surface area contributed by atoms with Crippen molar-refractivity contribution in [1.82, 2.24) is 20.3 Å². The van der Waals surface area contributed by atoms with Crippen molar-refractivity contribution in [1.29, 1.82) is 0 Å². The summed E-state index contributed by atoms with van der Waals surface area (Å²) in [5.41, 5.74) is 0.611. The van der Waals surface area contributed by atoms with Gasteiger partial charge in [0.1, 0.15) is 5.52 Å². The number of unbranched alkanes of at least 4 members (excludes halogenated alkanes) is 1. The molecule has 2 rings (SSSR count). The molecule has 1 aromatic heterocycles. The first-order chi connectivity index (χ1) is 9.22. The van der Waals surface area contributed by atoms with Crippen molar-refractivity contribution < 1.29 is 0 Å². The van der Waals surface area contributed by atoms with E-state index in [2.05, 4.69) is 22.6 Å². The lowest BCUT2D eigenvalue weighted by Crippen LogP contribution is -2.25. The van der Waals surface area contributed by atoms with Gasteiger partial charge in [0.25, 0.3) is 5.56 Å². The van der Waals surface area contributed by atoms with E-state index < -0.39 is 0 Å². The van der Waals surface area contributed by atoms with Crippen molar-refractivity contribution in [3.05, 3.63) is 34.6 Å². The van der Waals surface area contributed by atoms with Crippen molar-refractivity contribution in [3.8, 4) is 0 Å². The Morgan fingerprint density at radius 1 is 1.32 bits per heavy atom. The van der Waals surface area contributed by atoms with Crippen molar-refractivity contribution in [3.63, 3.8) is 0 Å². The number of fused-ring (bicyclic) bond motifs is 1. The van der Waals surface area contributed by atoms with Crippen molar-refractivity contribution in [2.45, 2.75) is 38.8 Å². The summed E-state index contributed by atoms with van der Waals surface area (Å²) in [5.74, 6) is 0. The fourth-order valence-electron chi connectivity index (χ4n) is 2.03. The van der Waals surface area contributed by atoms with Gasteiger partial charge in [-0.15, -0.1) is 5.10 Å². The van der Waals surface area contributed by atoms with Gasteiger partial charge in [-0.25, -0.2) is 4.68 Å². The van der Waals surface area contributed by atoms with E-state index in [1.54, 1.807) is 6.07 Å². The fraction of sp³-hybridized carbons (Fsp3) is 0.500. The van der Waals surface area contributed by atoms with Crippen LogP contribution in [0.5, 0.6) is 0 Å². The van der Waals surface area contributed by atoms with Gasteiger partial charge in [-0.1, -0.05) is 23.8 Å². The normalized spacial score (nSPS) is 12.7. The molecule has 0 saturated carbocycles. The predicted molar refractivity (Wildman–Crippen MR) is 76.2 cm³/mol. The lowest BCUT2D eigenvalue weighted by molar-refractivity contribution is 0.471. The second-order valence-electron chi connectivity index (χ2n) is 4.82. The fourth-order valence-corrected chi connectivity index (χ4v) is 2.03. The van der Waals surface area contributed by atoms with Crippen LogP contribution in [-0.4, -0.2) is 28.1 Å². The quantitative estimate of drug-likeness (QED) is 0.801. The third-order valence-electron chi connectivity index (χ3n) is 3.38. The van der Waals surface area contributed by atoms with Crippen LogP contribution >= 0.6 is 0 Å². The number of nitrogens with zero attached hydrogens (tertiary/aromatic N) is 3. The molecule has 1 unspecified atom stereocenters. The minimum atomic E-state index is -0.0488. The molecule has 2 aromatic rings. The molecule has 1 aromatic carbocycles. The summed E-state index contributed by atoms with van der Waals surface area (Å²) in [4.78, 5) is 12.2. The Kier molecular flexibility index (Phi) is 4.63. The van der Waals surface area contributed by atoms with Gasteiger partial charge in [0.2, 0.25) is 0 Å². The van der Waals surface area contributed by atoms with E-state index in [1.807, 2.05) is 25.2 Å². The van der Waals surface area contributed by atoms with Crippen LogP contribution in [-0.2, 0) is 6.54 Å². The monoisotopic (exact) mass is 260 g/mol. The average Bonchev–Trinajstić information content (AvgIpc) is 2.45. The van der Waals surface area contributed by atoms with Gasteiger partial charge in [-0.05, 0) is 38.9 Å². The molecule has 0 aliphatic carbocycles. The second kappa shape index (κ2) is 6.43. The predicted octanol–water partition coefficient (Wildman–Crippen LogP) is 1.57. The van der Waals surface area contributed by atoms with Gasteiger partial charge in [0.15, 0.2) is 0 Å². The van der Waals surface area contributed by atoms with Gasteiger partial charge in [-0.2, -0.15) is 0 Å². The molecule has 19 heavy (non-hydrogen) atoms. The van der Waals surface area contributed by atoms with Crippen LogP contribution in [0.3, 0.4) is 0 Å². The SMILES string of the molecule is CNC(C)CCCCn1nnc2ccccc2c1=O. The van der Waals surface area contributed by atoms with Gasteiger partial charge < -0.3 is 5.32 Å². The zero-order chi connectivity index (χ0) is 13.7. The number of hydrogen-bond donors (Lipinski definition) is 1. The summed E-state index contributed by atoms with van der Waals surface area (Å²) in [5, 5.41) is 11.9. The Morgan fingerprint density at radius 3 is 2.89 bits per heavy atom. The first-order valence-corrected chi connectivity index (χ1v) is 6.72. The van der Waals surface area contributed by atoms with E-state index in [1.165, 1.54) is 4.68 Å². The maximum atomic E-state index is 12.2. The number of nitrogens with one attached hydrogen (secondary N) is 1. The Bertz CT molecular complexity index is 593. The highest BCUT2D eigenvalue weighted by atomic mass is 16.1. The Hall–Kier alpha value is -1.75. The van der Waals surface area contributed by atoms with E-state index in [0.717, 1.165) is 19.3 Å². The number of benzene rings is 1. The first-order valence-electron chi connectivity index (χ1n) is 6.72. The highest BCUT2D eigenvalue weighted by Crippen LogP contribution is 2.05. The smallest absolute Gasteiger partial charge is 0.277 e. The molecular formula is C14H20N4O. The van der Waals surface area contributed by atoms with Crippen molar-refractivity contribution in [2.24, 2.45) is 0 Å². The Balaban J connectivity index is 2.01. The lowest BCUT2D eigenvalue weighted by atomic mass is 10.1. The topological polar surface area (TPSA) is 59.8 Å². The zero-order valence-electron chi connectivity index (χ0n) is 11.5. The maximum Gasteiger partial charge on any atom is 0.277 e. The third kappa shape index (κ3) is 3.38. The molecule has 0 fully saturated rings. The molecule has 0 bridgehead atoms. The van der Waals surface area contributed by atoms with Crippen LogP contribution in [0, 0.1) is 0 Å². The average molecular weight is 260 g/mol. The number of aryl methyl sites for hydroxylation is 1. The highest BCUT2D eigenvalue weighted by molar-refractivity contribution is 5.76. The highest BCUT2D eigenvalue weighted by Gasteiger charge is 2.04. The van der Waals surface area contributed by atoms with Gasteiger partial charge >= 0.3 is 0 Å². The van der Waals surface area contributed by atoms with E-state index in [0.29, 0.717) is 23.5 Å². The van der Waals surface area contributed by atoms with Crippen LogP contribution in [0.25, 0.3) is 10.9 Å². The summed E-state index contributed by atoms with van der Waals surface area (Å²) in [7, 11) is 1.96. The lowest BCUT2D eigenvalue weighted by Gasteiger charge is -2.09. The summed E-state index contributed by atoms with van der Waals surface area (Å²) in [6.45, 7) is 2.79. The summed E-state index contributed by atoms with van der Waals surface area (Å²) in [6, 6.07) is 7.83. The molecule has 0 saturated heterocycles. The maximum absolute atomic E-state index is 12.2. The number of hydrogen-bond acceptors (Lipinski definition) is 4. The zero-order valence-corrected chi connectivity index (χ0v) is 11.5. The number of rotatable bonds is 6. The Morgan fingerprint density at radius 2 is 2.11 bits per heavy atom. The van der Waals surface area contributed by atoms with Crippen LogP contribution < -0.4 is 10.9 Å². The second-order valence-corrected chi connectivity index (χ2v) is 4.82. The third-order valence-corrected chi connectivity index (χ3v) is 3.38. The molecule has 0 amide bonds. The van der Waals surface area contributed by atoms with E-state index in [-0.39, 0.29) is 5.56 Å². The van der Waals surface area contributed by atoms with Crippen LogP contribution in [0.4, 0.5) is 0 Å². The molecule has 1 heterocycles. The number of aromatic nitrogens is 3. The molecule has 0 aliphatic rings. The van der Waals surface area contributed by atoms with E-state index >= 15 is 0 Å². The minimum absolute atomic E-state index is 0.0488.